The second-order valence-corrected chi connectivity index (χ2v) is 11.2. The van der Waals surface area contributed by atoms with Crippen molar-refractivity contribution >= 4 is 34.7 Å². The van der Waals surface area contributed by atoms with Crippen LogP contribution in [0.15, 0.2) is 60.8 Å². The number of thiophene rings is 1. The van der Waals surface area contributed by atoms with Crippen molar-refractivity contribution in [2.45, 2.75) is 32.5 Å². The molecule has 0 radical (unpaired) electrons. The average molecular weight is 533 g/mol. The first-order valence-corrected chi connectivity index (χ1v) is 13.6. The van der Waals surface area contributed by atoms with Gasteiger partial charge in [-0.05, 0) is 73.5 Å². The summed E-state index contributed by atoms with van der Waals surface area (Å²) in [4.78, 5) is 19.8. The second kappa shape index (κ2) is 9.56. The summed E-state index contributed by atoms with van der Waals surface area (Å²) in [6.07, 6.45) is 3.11. The third kappa shape index (κ3) is 4.21. The summed E-state index contributed by atoms with van der Waals surface area (Å²) in [6, 6.07) is 17.4. The average Bonchev–Trinajstić information content (AvgIpc) is 3.48. The third-order valence-electron chi connectivity index (χ3n) is 7.46. The van der Waals surface area contributed by atoms with E-state index in [9.17, 15) is 4.79 Å². The minimum Gasteiger partial charge on any atom is -0.497 e. The number of halogens is 1. The number of nitrogens with zero attached hydrogens (tertiary/aromatic N) is 3. The topological polar surface area (TPSA) is 49.7 Å². The number of fused-ring (bicyclic) bond motifs is 5. The molecule has 4 heterocycles. The Bertz CT molecular complexity index is 1480. The molecule has 2 aliphatic heterocycles. The maximum atomic E-state index is 14.1. The molecule has 0 saturated heterocycles. The van der Waals surface area contributed by atoms with E-state index in [4.69, 9.17) is 16.3 Å². The molecule has 37 heavy (non-hydrogen) atoms. The minimum absolute atomic E-state index is 0.153. The maximum absolute atomic E-state index is 14.1. The van der Waals surface area contributed by atoms with Crippen LogP contribution in [-0.4, -0.2) is 41.1 Å². The monoisotopic (exact) mass is 532 g/mol. The van der Waals surface area contributed by atoms with Crippen LogP contribution in [0.3, 0.4) is 0 Å². The molecular formula is C29H29ClN4O2S. The van der Waals surface area contributed by atoms with Crippen LogP contribution in [0.4, 0.5) is 10.5 Å². The molecule has 2 aromatic heterocycles. The zero-order chi connectivity index (χ0) is 25.7. The summed E-state index contributed by atoms with van der Waals surface area (Å²) in [7, 11) is 3.83. The third-order valence-corrected chi connectivity index (χ3v) is 9.12. The summed E-state index contributed by atoms with van der Waals surface area (Å²) in [5, 5.41) is 5.02. The lowest BCUT2D eigenvalue weighted by atomic mass is 10.00. The van der Waals surface area contributed by atoms with Crippen molar-refractivity contribution in [3.63, 3.8) is 0 Å². The van der Waals surface area contributed by atoms with E-state index in [1.807, 2.05) is 53.5 Å². The SMILES string of the molecule is COc1ccc([C@@H]2c3cccn3-c3sc4c(c3CN2C(=O)Nc2cccc(Cl)c2C)CCN(C)C4)cc1. The number of amides is 2. The molecule has 0 fully saturated rings. The van der Waals surface area contributed by atoms with Crippen LogP contribution in [0.5, 0.6) is 5.75 Å². The molecule has 0 spiro atoms. The van der Waals surface area contributed by atoms with Gasteiger partial charge in [0.05, 0.1) is 25.4 Å². The van der Waals surface area contributed by atoms with E-state index in [2.05, 4.69) is 52.3 Å². The molecule has 8 heteroatoms. The Kier molecular flexibility index (Phi) is 6.23. The number of aromatic nitrogens is 1. The number of anilines is 1. The molecule has 0 bridgehead atoms. The molecule has 2 amide bonds. The van der Waals surface area contributed by atoms with Crippen LogP contribution in [0.1, 0.15) is 38.9 Å². The Morgan fingerprint density at radius 1 is 1.08 bits per heavy atom. The molecule has 6 rings (SSSR count). The molecule has 2 aliphatic rings. The largest absolute Gasteiger partial charge is 0.497 e. The van der Waals surface area contributed by atoms with E-state index in [0.29, 0.717) is 11.6 Å². The van der Waals surface area contributed by atoms with Gasteiger partial charge in [-0.2, -0.15) is 0 Å². The predicted molar refractivity (Wildman–Crippen MR) is 149 cm³/mol. The Morgan fingerprint density at radius 2 is 1.89 bits per heavy atom. The van der Waals surface area contributed by atoms with Crippen LogP contribution >= 0.6 is 22.9 Å². The molecule has 2 aromatic carbocycles. The summed E-state index contributed by atoms with van der Waals surface area (Å²) >= 11 is 8.23. The molecule has 1 atom stereocenters. The molecule has 4 aromatic rings. The van der Waals surface area contributed by atoms with Gasteiger partial charge in [0.1, 0.15) is 10.8 Å². The van der Waals surface area contributed by atoms with E-state index >= 15 is 0 Å². The van der Waals surface area contributed by atoms with Crippen molar-refractivity contribution in [1.82, 2.24) is 14.4 Å². The lowest BCUT2D eigenvalue weighted by Crippen LogP contribution is -2.38. The van der Waals surface area contributed by atoms with Gasteiger partial charge < -0.3 is 24.4 Å². The number of benzene rings is 2. The number of carbonyl (C=O) groups is 1. The highest BCUT2D eigenvalue weighted by molar-refractivity contribution is 7.15. The van der Waals surface area contributed by atoms with E-state index in [1.54, 1.807) is 7.11 Å². The van der Waals surface area contributed by atoms with Gasteiger partial charge in [-0.25, -0.2) is 4.79 Å². The van der Waals surface area contributed by atoms with Gasteiger partial charge in [0.2, 0.25) is 0 Å². The lowest BCUT2D eigenvalue weighted by Gasteiger charge is -2.32. The van der Waals surface area contributed by atoms with Crippen LogP contribution in [-0.2, 0) is 19.5 Å². The number of hydrogen-bond acceptors (Lipinski definition) is 4. The normalized spacial score (nSPS) is 17.0. The Hall–Kier alpha value is -3.26. The Balaban J connectivity index is 1.49. The Morgan fingerprint density at radius 3 is 2.68 bits per heavy atom. The van der Waals surface area contributed by atoms with E-state index in [0.717, 1.165) is 47.8 Å². The molecule has 1 N–H and O–H groups in total. The van der Waals surface area contributed by atoms with Crippen LogP contribution in [0.25, 0.3) is 5.00 Å². The van der Waals surface area contributed by atoms with E-state index in [1.165, 1.54) is 21.0 Å². The smallest absolute Gasteiger partial charge is 0.322 e. The first-order chi connectivity index (χ1) is 17.9. The molecule has 0 aliphatic carbocycles. The minimum atomic E-state index is -0.276. The summed E-state index contributed by atoms with van der Waals surface area (Å²) in [5.74, 6) is 0.788. The fraction of sp³-hybridized carbons (Fsp3) is 0.276. The highest BCUT2D eigenvalue weighted by Gasteiger charge is 2.36. The molecule has 0 saturated carbocycles. The van der Waals surface area contributed by atoms with Gasteiger partial charge in [0.25, 0.3) is 0 Å². The number of carbonyl (C=O) groups excluding carboxylic acids is 1. The summed E-state index contributed by atoms with van der Waals surface area (Å²) in [6.45, 7) is 4.41. The fourth-order valence-corrected chi connectivity index (χ4v) is 7.04. The zero-order valence-corrected chi connectivity index (χ0v) is 22.7. The fourth-order valence-electron chi connectivity index (χ4n) is 5.42. The number of rotatable bonds is 3. The van der Waals surface area contributed by atoms with Crippen molar-refractivity contribution in [3.8, 4) is 10.8 Å². The van der Waals surface area contributed by atoms with Gasteiger partial charge in [-0.3, -0.25) is 0 Å². The van der Waals surface area contributed by atoms with E-state index in [-0.39, 0.29) is 12.1 Å². The quantitative estimate of drug-likeness (QED) is 0.322. The van der Waals surface area contributed by atoms with Crippen molar-refractivity contribution in [3.05, 3.63) is 98.6 Å². The van der Waals surface area contributed by atoms with Crippen LogP contribution in [0.2, 0.25) is 5.02 Å². The van der Waals surface area contributed by atoms with E-state index < -0.39 is 0 Å². The number of likely N-dealkylation sites (N-methyl/N-ethyl adjacent to an activating group) is 1. The number of urea groups is 1. The molecule has 6 nitrogen and oxygen atoms in total. The number of nitrogens with one attached hydrogen (secondary N) is 1. The second-order valence-electron chi connectivity index (χ2n) is 9.72. The van der Waals surface area contributed by atoms with Crippen LogP contribution in [0, 0.1) is 6.92 Å². The van der Waals surface area contributed by atoms with Crippen LogP contribution < -0.4 is 10.1 Å². The number of ether oxygens (including phenoxy) is 1. The van der Waals surface area contributed by atoms with Gasteiger partial charge in [-0.15, -0.1) is 11.3 Å². The van der Waals surface area contributed by atoms with Gasteiger partial charge in [-0.1, -0.05) is 29.8 Å². The van der Waals surface area contributed by atoms with Gasteiger partial charge in [0.15, 0.2) is 0 Å². The molecule has 190 valence electrons. The summed E-state index contributed by atoms with van der Waals surface area (Å²) in [5.41, 5.74) is 6.31. The first-order valence-electron chi connectivity index (χ1n) is 12.4. The predicted octanol–water partition coefficient (Wildman–Crippen LogP) is 6.63. The van der Waals surface area contributed by atoms with Gasteiger partial charge >= 0.3 is 6.03 Å². The number of methoxy groups -OCH3 is 1. The maximum Gasteiger partial charge on any atom is 0.322 e. The highest BCUT2D eigenvalue weighted by Crippen LogP contribution is 2.44. The Labute approximate surface area is 226 Å². The molecule has 0 unspecified atom stereocenters. The van der Waals surface area contributed by atoms with Crippen molar-refractivity contribution in [2.24, 2.45) is 0 Å². The summed E-state index contributed by atoms with van der Waals surface area (Å²) < 4.78 is 7.69. The zero-order valence-electron chi connectivity index (χ0n) is 21.1. The molecular weight excluding hydrogens is 504 g/mol. The van der Waals surface area contributed by atoms with Crippen molar-refractivity contribution < 1.29 is 9.53 Å². The standard InChI is InChI=1S/C29H29ClN4O2S/c1-18-23(30)6-4-7-24(18)31-29(35)34-16-22-21-13-15-32(2)17-26(21)37-28(22)33-14-5-8-25(33)27(34)19-9-11-20(36-3)12-10-19/h4-12,14,27H,13,15-17H2,1-3H3,(H,31,35)/t27-/m1/s1. The lowest BCUT2D eigenvalue weighted by molar-refractivity contribution is 0.194. The highest BCUT2D eigenvalue weighted by atomic mass is 35.5. The van der Waals surface area contributed by atoms with Crippen molar-refractivity contribution in [1.29, 1.82) is 0 Å². The first kappa shape index (κ1) is 24.1. The van der Waals surface area contributed by atoms with Crippen molar-refractivity contribution in [2.75, 3.05) is 26.0 Å². The van der Waals surface area contributed by atoms with Gasteiger partial charge in [0, 0.05) is 40.4 Å². The number of hydrogen-bond donors (Lipinski definition) is 1.